The zero-order valence-corrected chi connectivity index (χ0v) is 21.1. The Labute approximate surface area is 205 Å². The number of aromatic nitrogens is 2. The van der Waals surface area contributed by atoms with E-state index in [1.165, 1.54) is 22.9 Å². The standard InChI is InChI=1S/C25H30N4O3S2/c1-19-14-20(2)16-22(15-19)29-13-10-26-25(29)33-18-24(30)27-17-21-8-11-28(12-9-21)34(31,32)23-6-4-3-5-7-23/h3-7,10,13-16,21H,8-9,11-12,17-18H2,1-2H3,(H,27,30). The third kappa shape index (κ3) is 5.89. The minimum atomic E-state index is -3.45. The van der Waals surface area contributed by atoms with Gasteiger partial charge in [-0.3, -0.25) is 9.36 Å². The largest absolute Gasteiger partial charge is 0.355 e. The number of sulfonamides is 1. The molecule has 2 aromatic carbocycles. The van der Waals surface area contributed by atoms with Gasteiger partial charge in [0.1, 0.15) is 0 Å². The highest BCUT2D eigenvalue weighted by molar-refractivity contribution is 7.99. The fraction of sp³-hybridized carbons (Fsp3) is 0.360. The predicted octanol–water partition coefficient (Wildman–Crippen LogP) is 3.80. The van der Waals surface area contributed by atoms with Crippen molar-refractivity contribution < 1.29 is 13.2 Å². The maximum Gasteiger partial charge on any atom is 0.243 e. The Morgan fingerprint density at radius 1 is 1.09 bits per heavy atom. The molecule has 4 rings (SSSR count). The highest BCUT2D eigenvalue weighted by atomic mass is 32.2. The van der Waals surface area contributed by atoms with Crippen molar-refractivity contribution in [1.82, 2.24) is 19.2 Å². The Morgan fingerprint density at radius 3 is 2.44 bits per heavy atom. The van der Waals surface area contributed by atoms with Gasteiger partial charge in [0, 0.05) is 37.7 Å². The number of carbonyl (C=O) groups is 1. The molecular weight excluding hydrogens is 468 g/mol. The van der Waals surface area contributed by atoms with E-state index in [1.807, 2.05) is 16.8 Å². The van der Waals surface area contributed by atoms with Crippen molar-refractivity contribution >= 4 is 27.7 Å². The first kappa shape index (κ1) is 24.5. The molecule has 0 spiro atoms. The van der Waals surface area contributed by atoms with Crippen LogP contribution in [0.15, 0.2) is 71.0 Å². The Kier molecular flexibility index (Phi) is 7.75. The summed E-state index contributed by atoms with van der Waals surface area (Å²) in [7, 11) is -3.45. The highest BCUT2D eigenvalue weighted by Crippen LogP contribution is 2.24. The van der Waals surface area contributed by atoms with Gasteiger partial charge in [0.2, 0.25) is 15.9 Å². The third-order valence-electron chi connectivity index (χ3n) is 5.97. The first-order valence-electron chi connectivity index (χ1n) is 11.4. The van der Waals surface area contributed by atoms with Gasteiger partial charge < -0.3 is 5.32 Å². The van der Waals surface area contributed by atoms with Gasteiger partial charge in [0.15, 0.2) is 5.16 Å². The number of piperidine rings is 1. The topological polar surface area (TPSA) is 84.3 Å². The van der Waals surface area contributed by atoms with Crippen molar-refractivity contribution in [2.24, 2.45) is 5.92 Å². The van der Waals surface area contributed by atoms with Crippen LogP contribution in [0.3, 0.4) is 0 Å². The summed E-state index contributed by atoms with van der Waals surface area (Å²) in [5.74, 6) is 0.510. The maximum atomic E-state index is 12.8. The van der Waals surface area contributed by atoms with Crippen molar-refractivity contribution in [3.8, 4) is 5.69 Å². The molecule has 34 heavy (non-hydrogen) atoms. The number of nitrogens with zero attached hydrogens (tertiary/aromatic N) is 3. The number of hydrogen-bond acceptors (Lipinski definition) is 5. The number of thioether (sulfide) groups is 1. The quantitative estimate of drug-likeness (QED) is 0.478. The number of hydrogen-bond donors (Lipinski definition) is 1. The van der Waals surface area contributed by atoms with Gasteiger partial charge in [0.05, 0.1) is 10.6 Å². The fourth-order valence-corrected chi connectivity index (χ4v) is 6.51. The predicted molar refractivity (Wildman–Crippen MR) is 135 cm³/mol. The normalized spacial score (nSPS) is 15.4. The SMILES string of the molecule is Cc1cc(C)cc(-n2ccnc2SCC(=O)NCC2CCN(S(=O)(=O)c3ccccc3)CC2)c1. The lowest BCUT2D eigenvalue weighted by Gasteiger charge is -2.31. The summed E-state index contributed by atoms with van der Waals surface area (Å²) in [5, 5.41) is 3.79. The van der Waals surface area contributed by atoms with E-state index in [2.05, 4.69) is 42.3 Å². The van der Waals surface area contributed by atoms with Gasteiger partial charge in [-0.25, -0.2) is 13.4 Å². The molecule has 9 heteroatoms. The Hall–Kier alpha value is -2.62. The molecule has 0 radical (unpaired) electrons. The molecule has 1 amide bonds. The molecule has 3 aromatic rings. The van der Waals surface area contributed by atoms with Crippen LogP contribution in [-0.2, 0) is 14.8 Å². The van der Waals surface area contributed by atoms with Gasteiger partial charge in [-0.1, -0.05) is 36.0 Å². The van der Waals surface area contributed by atoms with Crippen LogP contribution < -0.4 is 5.32 Å². The fourth-order valence-electron chi connectivity index (χ4n) is 4.22. The van der Waals surface area contributed by atoms with E-state index in [-0.39, 0.29) is 17.6 Å². The molecule has 1 aliphatic heterocycles. The first-order valence-corrected chi connectivity index (χ1v) is 13.8. The Bertz CT molecular complexity index is 1210. The number of carbonyl (C=O) groups excluding carboxylic acids is 1. The molecule has 2 heterocycles. The molecule has 1 aliphatic rings. The molecule has 0 saturated carbocycles. The number of benzene rings is 2. The van der Waals surface area contributed by atoms with Crippen LogP contribution in [-0.4, -0.2) is 53.6 Å². The molecule has 0 bridgehead atoms. The van der Waals surface area contributed by atoms with Gasteiger partial charge >= 0.3 is 0 Å². The molecule has 0 aliphatic carbocycles. The molecule has 1 N–H and O–H groups in total. The minimum absolute atomic E-state index is 0.0423. The van der Waals surface area contributed by atoms with E-state index in [0.717, 1.165) is 23.7 Å². The average Bonchev–Trinajstić information content (AvgIpc) is 3.30. The summed E-state index contributed by atoms with van der Waals surface area (Å²) in [6.45, 7) is 5.63. The Balaban J connectivity index is 1.24. The number of rotatable bonds is 8. The summed E-state index contributed by atoms with van der Waals surface area (Å²) in [4.78, 5) is 17.2. The van der Waals surface area contributed by atoms with Crippen LogP contribution in [0, 0.1) is 19.8 Å². The van der Waals surface area contributed by atoms with Gasteiger partial charge in [-0.05, 0) is 68.0 Å². The lowest BCUT2D eigenvalue weighted by atomic mass is 9.98. The van der Waals surface area contributed by atoms with Crippen molar-refractivity contribution in [2.75, 3.05) is 25.4 Å². The van der Waals surface area contributed by atoms with Crippen molar-refractivity contribution in [2.45, 2.75) is 36.7 Å². The van der Waals surface area contributed by atoms with Crippen LogP contribution in [0.1, 0.15) is 24.0 Å². The van der Waals surface area contributed by atoms with Crippen molar-refractivity contribution in [1.29, 1.82) is 0 Å². The van der Waals surface area contributed by atoms with Crippen LogP contribution >= 0.6 is 11.8 Å². The lowest BCUT2D eigenvalue weighted by Crippen LogP contribution is -2.41. The second kappa shape index (κ2) is 10.8. The van der Waals surface area contributed by atoms with Crippen molar-refractivity contribution in [3.05, 3.63) is 72.1 Å². The van der Waals surface area contributed by atoms with Crippen LogP contribution in [0.2, 0.25) is 0 Å². The first-order chi connectivity index (χ1) is 16.3. The minimum Gasteiger partial charge on any atom is -0.355 e. The van der Waals surface area contributed by atoms with Crippen LogP contribution in [0.25, 0.3) is 5.69 Å². The van der Waals surface area contributed by atoms with E-state index >= 15 is 0 Å². The smallest absolute Gasteiger partial charge is 0.243 e. The second-order valence-electron chi connectivity index (χ2n) is 8.68. The molecule has 1 aromatic heterocycles. The van der Waals surface area contributed by atoms with E-state index < -0.39 is 10.0 Å². The molecule has 1 saturated heterocycles. The summed E-state index contributed by atoms with van der Waals surface area (Å²) in [6, 6.07) is 14.9. The zero-order valence-electron chi connectivity index (χ0n) is 19.5. The Morgan fingerprint density at radius 2 is 1.76 bits per heavy atom. The summed E-state index contributed by atoms with van der Waals surface area (Å²) in [5.41, 5.74) is 3.40. The average molecular weight is 499 g/mol. The molecule has 1 fully saturated rings. The molecular formula is C25H30N4O3S2. The molecule has 0 unspecified atom stereocenters. The van der Waals surface area contributed by atoms with Gasteiger partial charge in [-0.15, -0.1) is 0 Å². The van der Waals surface area contributed by atoms with Crippen molar-refractivity contribution in [3.63, 3.8) is 0 Å². The molecule has 7 nitrogen and oxygen atoms in total. The van der Waals surface area contributed by atoms with E-state index in [1.54, 1.807) is 34.8 Å². The summed E-state index contributed by atoms with van der Waals surface area (Å²) < 4.78 is 29.1. The highest BCUT2D eigenvalue weighted by Gasteiger charge is 2.29. The number of amides is 1. The second-order valence-corrected chi connectivity index (χ2v) is 11.6. The maximum absolute atomic E-state index is 12.8. The van der Waals surface area contributed by atoms with Crippen LogP contribution in [0.5, 0.6) is 0 Å². The van der Waals surface area contributed by atoms with E-state index in [0.29, 0.717) is 24.5 Å². The zero-order chi connectivity index (χ0) is 24.1. The lowest BCUT2D eigenvalue weighted by molar-refractivity contribution is -0.118. The number of imidazole rings is 1. The van der Waals surface area contributed by atoms with Gasteiger partial charge in [-0.2, -0.15) is 4.31 Å². The monoisotopic (exact) mass is 498 g/mol. The van der Waals surface area contributed by atoms with E-state index in [4.69, 9.17) is 0 Å². The van der Waals surface area contributed by atoms with Gasteiger partial charge in [0.25, 0.3) is 0 Å². The molecule has 180 valence electrons. The summed E-state index contributed by atoms with van der Waals surface area (Å²) in [6.07, 6.45) is 5.12. The number of nitrogens with one attached hydrogen (secondary N) is 1. The molecule has 0 atom stereocenters. The third-order valence-corrected chi connectivity index (χ3v) is 8.85. The summed E-state index contributed by atoms with van der Waals surface area (Å²) >= 11 is 1.41. The van der Waals surface area contributed by atoms with Crippen LogP contribution in [0.4, 0.5) is 0 Å². The van der Waals surface area contributed by atoms with E-state index in [9.17, 15) is 13.2 Å². The number of aryl methyl sites for hydroxylation is 2.